The van der Waals surface area contributed by atoms with Crippen LogP contribution in [-0.2, 0) is 0 Å². The molecular weight excluding hydrogens is 262 g/mol. The average molecular weight is 276 g/mol. The van der Waals surface area contributed by atoms with Crippen molar-refractivity contribution in [2.45, 2.75) is 20.8 Å². The zero-order valence-corrected chi connectivity index (χ0v) is 11.5. The zero-order valence-electron chi connectivity index (χ0n) is 11.5. The number of hydrogen-bond donors (Lipinski definition) is 0. The number of Topliss-reactive ketones (excluding diaryl/α,β-unsaturated/α-hetero) is 1. The Bertz CT molecular complexity index is 678. The van der Waals surface area contributed by atoms with Crippen LogP contribution in [-0.4, -0.2) is 5.78 Å². The molecule has 2 nitrogen and oxygen atoms in total. The van der Waals surface area contributed by atoms with Gasteiger partial charge >= 0.3 is 0 Å². The lowest BCUT2D eigenvalue weighted by Gasteiger charge is -2.11. The number of hydrogen-bond acceptors (Lipinski definition) is 2. The van der Waals surface area contributed by atoms with E-state index in [0.29, 0.717) is 11.1 Å². The minimum atomic E-state index is -0.474. The van der Waals surface area contributed by atoms with Crippen molar-refractivity contribution in [3.8, 4) is 11.5 Å². The van der Waals surface area contributed by atoms with Gasteiger partial charge in [-0.3, -0.25) is 4.79 Å². The first-order valence-electron chi connectivity index (χ1n) is 6.13. The van der Waals surface area contributed by atoms with Gasteiger partial charge in [0, 0.05) is 6.07 Å². The van der Waals surface area contributed by atoms with Crippen LogP contribution < -0.4 is 4.74 Å². The molecule has 2 rings (SSSR count). The lowest BCUT2D eigenvalue weighted by atomic mass is 10.1. The third-order valence-electron chi connectivity index (χ3n) is 3.01. The molecule has 0 unspecified atom stereocenters. The first kappa shape index (κ1) is 14.2. The number of ether oxygens (including phenoxy) is 1. The fourth-order valence-corrected chi connectivity index (χ4v) is 1.78. The van der Waals surface area contributed by atoms with E-state index in [4.69, 9.17) is 4.74 Å². The van der Waals surface area contributed by atoms with E-state index in [-0.39, 0.29) is 22.8 Å². The Balaban J connectivity index is 2.44. The van der Waals surface area contributed by atoms with Gasteiger partial charge < -0.3 is 4.74 Å². The zero-order chi connectivity index (χ0) is 14.9. The van der Waals surface area contributed by atoms with Crippen LogP contribution in [0.1, 0.15) is 28.4 Å². The molecule has 0 bridgehead atoms. The molecular formula is C16H14F2O2. The second kappa shape index (κ2) is 5.41. The summed E-state index contributed by atoms with van der Waals surface area (Å²) in [6, 6.07) is 6.98. The summed E-state index contributed by atoms with van der Waals surface area (Å²) in [4.78, 5) is 11.5. The van der Waals surface area contributed by atoms with E-state index in [1.165, 1.54) is 19.1 Å². The van der Waals surface area contributed by atoms with Gasteiger partial charge in [0.25, 0.3) is 0 Å². The van der Waals surface area contributed by atoms with E-state index in [9.17, 15) is 13.6 Å². The largest absolute Gasteiger partial charge is 0.456 e. The summed E-state index contributed by atoms with van der Waals surface area (Å²) in [5.74, 6) is -0.698. The maximum absolute atomic E-state index is 13.5. The molecule has 0 amide bonds. The highest BCUT2D eigenvalue weighted by atomic mass is 19.1. The fourth-order valence-electron chi connectivity index (χ4n) is 1.78. The van der Waals surface area contributed by atoms with Crippen molar-refractivity contribution in [2.24, 2.45) is 0 Å². The van der Waals surface area contributed by atoms with Crippen LogP contribution in [0.4, 0.5) is 8.78 Å². The molecule has 0 saturated carbocycles. The van der Waals surface area contributed by atoms with Gasteiger partial charge in [-0.15, -0.1) is 0 Å². The van der Waals surface area contributed by atoms with Crippen LogP contribution in [0.15, 0.2) is 30.3 Å². The van der Waals surface area contributed by atoms with Crippen LogP contribution in [0.3, 0.4) is 0 Å². The van der Waals surface area contributed by atoms with Crippen molar-refractivity contribution < 1.29 is 18.3 Å². The Morgan fingerprint density at radius 1 is 1.00 bits per heavy atom. The number of rotatable bonds is 3. The van der Waals surface area contributed by atoms with Crippen molar-refractivity contribution in [3.05, 3.63) is 58.7 Å². The van der Waals surface area contributed by atoms with Gasteiger partial charge in [-0.2, -0.15) is 0 Å². The number of carbonyl (C=O) groups is 1. The Morgan fingerprint density at radius 2 is 1.65 bits per heavy atom. The molecule has 104 valence electrons. The molecule has 0 aliphatic carbocycles. The topological polar surface area (TPSA) is 26.3 Å². The van der Waals surface area contributed by atoms with E-state index in [1.807, 2.05) is 0 Å². The SMILES string of the molecule is CC(=O)c1cc(F)c(C)cc1Oc1ccc(C)c(F)c1. The quantitative estimate of drug-likeness (QED) is 0.767. The Kier molecular flexibility index (Phi) is 3.84. The first-order chi connectivity index (χ1) is 9.38. The fraction of sp³-hybridized carbons (Fsp3) is 0.188. The third kappa shape index (κ3) is 2.85. The molecule has 4 heteroatoms. The van der Waals surface area contributed by atoms with Crippen molar-refractivity contribution >= 4 is 5.78 Å². The average Bonchev–Trinajstić information content (AvgIpc) is 2.37. The van der Waals surface area contributed by atoms with Crippen molar-refractivity contribution in [1.82, 2.24) is 0 Å². The van der Waals surface area contributed by atoms with Crippen molar-refractivity contribution in [1.29, 1.82) is 0 Å². The Morgan fingerprint density at radius 3 is 2.25 bits per heavy atom. The molecule has 0 aromatic heterocycles. The lowest BCUT2D eigenvalue weighted by molar-refractivity contribution is 0.101. The second-order valence-electron chi connectivity index (χ2n) is 4.67. The summed E-state index contributed by atoms with van der Waals surface area (Å²) in [6.45, 7) is 4.54. The van der Waals surface area contributed by atoms with E-state index < -0.39 is 11.6 Å². The maximum Gasteiger partial charge on any atom is 0.163 e. The van der Waals surface area contributed by atoms with Crippen LogP contribution in [0.25, 0.3) is 0 Å². The smallest absolute Gasteiger partial charge is 0.163 e. The summed E-state index contributed by atoms with van der Waals surface area (Å²) >= 11 is 0. The molecule has 0 radical (unpaired) electrons. The molecule has 0 aliphatic heterocycles. The van der Waals surface area contributed by atoms with Gasteiger partial charge in [-0.1, -0.05) is 6.07 Å². The Labute approximate surface area is 116 Å². The summed E-state index contributed by atoms with van der Waals surface area (Å²) in [5.41, 5.74) is 0.992. The molecule has 2 aromatic rings. The predicted octanol–water partition coefficient (Wildman–Crippen LogP) is 4.58. The molecule has 2 aromatic carbocycles. The van der Waals surface area contributed by atoms with Crippen LogP contribution in [0.5, 0.6) is 11.5 Å². The van der Waals surface area contributed by atoms with Gasteiger partial charge in [0.2, 0.25) is 0 Å². The highest BCUT2D eigenvalue weighted by Crippen LogP contribution is 2.29. The summed E-state index contributed by atoms with van der Waals surface area (Å²) in [5, 5.41) is 0. The summed E-state index contributed by atoms with van der Waals surface area (Å²) < 4.78 is 32.5. The number of aryl methyl sites for hydroxylation is 2. The number of carbonyl (C=O) groups excluding carboxylic acids is 1. The molecule has 0 atom stereocenters. The van der Waals surface area contributed by atoms with Gasteiger partial charge in [-0.25, -0.2) is 8.78 Å². The van der Waals surface area contributed by atoms with Crippen LogP contribution in [0.2, 0.25) is 0 Å². The van der Waals surface area contributed by atoms with Gasteiger partial charge in [0.15, 0.2) is 5.78 Å². The van der Waals surface area contributed by atoms with E-state index >= 15 is 0 Å². The first-order valence-corrected chi connectivity index (χ1v) is 6.13. The molecule has 0 aliphatic rings. The van der Waals surface area contributed by atoms with Crippen LogP contribution >= 0.6 is 0 Å². The second-order valence-corrected chi connectivity index (χ2v) is 4.67. The highest BCUT2D eigenvalue weighted by Gasteiger charge is 2.13. The molecule has 0 heterocycles. The summed E-state index contributed by atoms with van der Waals surface area (Å²) in [7, 11) is 0. The Hall–Kier alpha value is -2.23. The van der Waals surface area contributed by atoms with E-state index in [1.54, 1.807) is 26.0 Å². The van der Waals surface area contributed by atoms with Gasteiger partial charge in [-0.05, 0) is 50.1 Å². The van der Waals surface area contributed by atoms with Crippen molar-refractivity contribution in [3.63, 3.8) is 0 Å². The molecule has 0 fully saturated rings. The van der Waals surface area contributed by atoms with Gasteiger partial charge in [0.1, 0.15) is 23.1 Å². The number of benzene rings is 2. The van der Waals surface area contributed by atoms with E-state index in [0.717, 1.165) is 6.07 Å². The monoisotopic (exact) mass is 276 g/mol. The molecule has 20 heavy (non-hydrogen) atoms. The minimum absolute atomic E-state index is 0.133. The summed E-state index contributed by atoms with van der Waals surface area (Å²) in [6.07, 6.45) is 0. The molecule has 0 spiro atoms. The predicted molar refractivity (Wildman–Crippen MR) is 72.4 cm³/mol. The third-order valence-corrected chi connectivity index (χ3v) is 3.01. The molecule has 0 saturated heterocycles. The normalized spacial score (nSPS) is 10.4. The maximum atomic E-state index is 13.5. The standard InChI is InChI=1S/C16H14F2O2/c1-9-4-5-12(7-14(9)17)20-16-6-10(2)15(18)8-13(16)11(3)19/h4-8H,1-3H3. The van der Waals surface area contributed by atoms with E-state index in [2.05, 4.69) is 0 Å². The highest BCUT2D eigenvalue weighted by molar-refractivity contribution is 5.97. The molecule has 0 N–H and O–H groups in total. The lowest BCUT2D eigenvalue weighted by Crippen LogP contribution is -2.00. The number of halogens is 2. The minimum Gasteiger partial charge on any atom is -0.456 e. The number of ketones is 1. The van der Waals surface area contributed by atoms with Gasteiger partial charge in [0.05, 0.1) is 5.56 Å². The van der Waals surface area contributed by atoms with Crippen LogP contribution in [0, 0.1) is 25.5 Å². The van der Waals surface area contributed by atoms with Crippen molar-refractivity contribution in [2.75, 3.05) is 0 Å².